The van der Waals surface area contributed by atoms with E-state index in [0.717, 1.165) is 42.9 Å². The summed E-state index contributed by atoms with van der Waals surface area (Å²) in [5.74, 6) is 1.98. The first-order valence-electron chi connectivity index (χ1n) is 9.66. The minimum absolute atomic E-state index is 0.0809. The van der Waals surface area contributed by atoms with Crippen LogP contribution < -0.4 is 10.1 Å². The maximum atomic E-state index is 12.3. The van der Waals surface area contributed by atoms with Crippen molar-refractivity contribution in [3.63, 3.8) is 0 Å². The van der Waals surface area contributed by atoms with Crippen LogP contribution in [0.15, 0.2) is 34.9 Å². The van der Waals surface area contributed by atoms with Crippen LogP contribution in [0.1, 0.15) is 38.9 Å². The molecule has 0 unspecified atom stereocenters. The summed E-state index contributed by atoms with van der Waals surface area (Å²) in [6.07, 6.45) is 2.77. The highest BCUT2D eigenvalue weighted by molar-refractivity contribution is 5.76. The first-order chi connectivity index (χ1) is 13.0. The maximum absolute atomic E-state index is 12.3. The lowest BCUT2D eigenvalue weighted by Crippen LogP contribution is -2.39. The number of hydrogen-bond donors (Lipinski definition) is 1. The molecule has 6 heteroatoms. The van der Waals surface area contributed by atoms with E-state index in [4.69, 9.17) is 9.26 Å². The number of amides is 1. The second-order valence-corrected chi connectivity index (χ2v) is 7.46. The smallest absolute Gasteiger partial charge is 0.220 e. The van der Waals surface area contributed by atoms with E-state index in [9.17, 15) is 4.79 Å². The van der Waals surface area contributed by atoms with Crippen LogP contribution in [0, 0.1) is 5.92 Å². The molecule has 1 fully saturated rings. The molecule has 1 aromatic carbocycles. The number of hydrogen-bond acceptors (Lipinski definition) is 5. The average molecular weight is 371 g/mol. The summed E-state index contributed by atoms with van der Waals surface area (Å²) < 4.78 is 10.6. The summed E-state index contributed by atoms with van der Waals surface area (Å²) in [6.45, 7) is 6.98. The van der Waals surface area contributed by atoms with Gasteiger partial charge in [-0.15, -0.1) is 0 Å². The fraction of sp³-hybridized carbons (Fsp3) is 0.524. The summed E-state index contributed by atoms with van der Waals surface area (Å²) in [6, 6.07) is 10.1. The number of nitrogens with one attached hydrogen (secondary N) is 1. The quantitative estimate of drug-likeness (QED) is 0.807. The molecule has 0 radical (unpaired) electrons. The van der Waals surface area contributed by atoms with Gasteiger partial charge in [0.25, 0.3) is 0 Å². The highest BCUT2D eigenvalue weighted by Crippen LogP contribution is 2.24. The number of benzene rings is 1. The first-order valence-corrected chi connectivity index (χ1v) is 9.66. The van der Waals surface area contributed by atoms with Crippen LogP contribution in [0.3, 0.4) is 0 Å². The summed E-state index contributed by atoms with van der Waals surface area (Å²) in [5.41, 5.74) is 1.66. The molecule has 0 atom stereocenters. The Labute approximate surface area is 160 Å². The molecule has 0 spiro atoms. The second kappa shape index (κ2) is 9.04. The van der Waals surface area contributed by atoms with Gasteiger partial charge in [-0.1, -0.05) is 17.3 Å². The molecule has 2 heterocycles. The van der Waals surface area contributed by atoms with Crippen molar-refractivity contribution in [3.05, 3.63) is 36.1 Å². The lowest BCUT2D eigenvalue weighted by atomic mass is 9.92. The number of ether oxygens (including phenoxy) is 1. The Morgan fingerprint density at radius 2 is 2.11 bits per heavy atom. The van der Waals surface area contributed by atoms with E-state index in [1.807, 2.05) is 30.3 Å². The molecule has 1 saturated heterocycles. The number of piperidine rings is 1. The third kappa shape index (κ3) is 5.32. The first kappa shape index (κ1) is 19.4. The Morgan fingerprint density at radius 3 is 2.81 bits per heavy atom. The molecule has 6 nitrogen and oxygen atoms in total. The highest BCUT2D eigenvalue weighted by Gasteiger charge is 2.22. The highest BCUT2D eigenvalue weighted by atomic mass is 16.5. The minimum atomic E-state index is 0.0809. The van der Waals surface area contributed by atoms with E-state index in [0.29, 0.717) is 30.7 Å². The van der Waals surface area contributed by atoms with Crippen LogP contribution in [-0.2, 0) is 11.3 Å². The van der Waals surface area contributed by atoms with E-state index in [1.54, 1.807) is 7.11 Å². The molecule has 1 aliphatic heterocycles. The van der Waals surface area contributed by atoms with Crippen LogP contribution in [0.5, 0.6) is 5.75 Å². The van der Waals surface area contributed by atoms with Crippen LogP contribution in [0.4, 0.5) is 0 Å². The zero-order valence-electron chi connectivity index (χ0n) is 16.4. The molecular formula is C21H29N3O3. The van der Waals surface area contributed by atoms with Gasteiger partial charge in [-0.25, -0.2) is 0 Å². The van der Waals surface area contributed by atoms with Gasteiger partial charge >= 0.3 is 0 Å². The Balaban J connectivity index is 1.46. The molecule has 2 aromatic rings. The molecule has 146 valence electrons. The number of likely N-dealkylation sites (tertiary alicyclic amines) is 1. The average Bonchev–Trinajstić information content (AvgIpc) is 3.16. The normalized spacial score (nSPS) is 15.9. The Morgan fingerprint density at radius 1 is 1.33 bits per heavy atom. The second-order valence-electron chi connectivity index (χ2n) is 7.46. The van der Waals surface area contributed by atoms with Gasteiger partial charge in [-0.3, -0.25) is 4.79 Å². The summed E-state index contributed by atoms with van der Waals surface area (Å²) in [5, 5.41) is 7.05. The van der Waals surface area contributed by atoms with Crippen molar-refractivity contribution in [2.75, 3.05) is 20.2 Å². The molecule has 0 saturated carbocycles. The molecule has 1 amide bonds. The van der Waals surface area contributed by atoms with Gasteiger partial charge in [0.1, 0.15) is 11.4 Å². The molecule has 0 bridgehead atoms. The molecule has 1 aliphatic rings. The standard InChI is InChI=1S/C21H29N3O3/c1-15(2)24-9-7-16(8-10-24)11-21(25)22-14-19-13-20(23-27-19)17-5-4-6-18(12-17)26-3/h4-6,12-13,15-16H,7-11,14H2,1-3H3,(H,22,25). The summed E-state index contributed by atoms with van der Waals surface area (Å²) in [7, 11) is 1.63. The van der Waals surface area contributed by atoms with Gasteiger partial charge in [0.05, 0.1) is 13.7 Å². The van der Waals surface area contributed by atoms with E-state index < -0.39 is 0 Å². The maximum Gasteiger partial charge on any atom is 0.220 e. The fourth-order valence-electron chi connectivity index (χ4n) is 3.51. The van der Waals surface area contributed by atoms with Crippen molar-refractivity contribution < 1.29 is 14.1 Å². The number of nitrogens with zero attached hydrogens (tertiary/aromatic N) is 2. The van der Waals surface area contributed by atoms with Crippen molar-refractivity contribution in [2.24, 2.45) is 5.92 Å². The topological polar surface area (TPSA) is 67.6 Å². The van der Waals surface area contributed by atoms with E-state index >= 15 is 0 Å². The Bertz CT molecular complexity index is 749. The zero-order chi connectivity index (χ0) is 19.2. The van der Waals surface area contributed by atoms with Crippen LogP contribution in [0.25, 0.3) is 11.3 Å². The lowest BCUT2D eigenvalue weighted by molar-refractivity contribution is -0.122. The number of aromatic nitrogens is 1. The summed E-state index contributed by atoms with van der Waals surface area (Å²) in [4.78, 5) is 14.7. The van der Waals surface area contributed by atoms with E-state index in [1.165, 1.54) is 0 Å². The van der Waals surface area contributed by atoms with Gasteiger partial charge in [0.2, 0.25) is 5.91 Å². The molecule has 1 N–H and O–H groups in total. The van der Waals surface area contributed by atoms with Gasteiger partial charge < -0.3 is 19.5 Å². The number of methoxy groups -OCH3 is 1. The van der Waals surface area contributed by atoms with Gasteiger partial charge in [-0.05, 0) is 57.8 Å². The third-order valence-corrected chi connectivity index (χ3v) is 5.24. The van der Waals surface area contributed by atoms with Crippen LogP contribution in [0.2, 0.25) is 0 Å². The molecular weight excluding hydrogens is 342 g/mol. The molecule has 27 heavy (non-hydrogen) atoms. The van der Waals surface area contributed by atoms with Crippen LogP contribution >= 0.6 is 0 Å². The van der Waals surface area contributed by atoms with Crippen LogP contribution in [-0.4, -0.2) is 42.2 Å². The SMILES string of the molecule is COc1cccc(-c2cc(CNC(=O)CC3CCN(C(C)C)CC3)on2)c1. The van der Waals surface area contributed by atoms with Gasteiger partial charge in [-0.2, -0.15) is 0 Å². The summed E-state index contributed by atoms with van der Waals surface area (Å²) >= 11 is 0. The van der Waals surface area contributed by atoms with Crippen molar-refractivity contribution in [1.82, 2.24) is 15.4 Å². The molecule has 3 rings (SSSR count). The predicted octanol–water partition coefficient (Wildman–Crippen LogP) is 3.48. The number of rotatable bonds is 7. The van der Waals surface area contributed by atoms with Gasteiger partial charge in [0, 0.05) is 24.1 Å². The number of carbonyl (C=O) groups is 1. The van der Waals surface area contributed by atoms with Crippen molar-refractivity contribution in [1.29, 1.82) is 0 Å². The number of carbonyl (C=O) groups excluding carboxylic acids is 1. The monoisotopic (exact) mass is 371 g/mol. The Kier molecular flexibility index (Phi) is 6.50. The van der Waals surface area contributed by atoms with Crippen molar-refractivity contribution in [2.45, 2.75) is 45.7 Å². The third-order valence-electron chi connectivity index (χ3n) is 5.24. The van der Waals surface area contributed by atoms with Gasteiger partial charge in [0.15, 0.2) is 5.76 Å². The Hall–Kier alpha value is -2.34. The fourth-order valence-corrected chi connectivity index (χ4v) is 3.51. The zero-order valence-corrected chi connectivity index (χ0v) is 16.4. The lowest BCUT2D eigenvalue weighted by Gasteiger charge is -2.34. The van der Waals surface area contributed by atoms with Crippen molar-refractivity contribution in [3.8, 4) is 17.0 Å². The van der Waals surface area contributed by atoms with E-state index in [-0.39, 0.29) is 5.91 Å². The molecule has 0 aliphatic carbocycles. The predicted molar refractivity (Wildman–Crippen MR) is 104 cm³/mol. The largest absolute Gasteiger partial charge is 0.497 e. The van der Waals surface area contributed by atoms with Crippen molar-refractivity contribution >= 4 is 5.91 Å². The van der Waals surface area contributed by atoms with E-state index in [2.05, 4.69) is 29.2 Å². The minimum Gasteiger partial charge on any atom is -0.497 e. The molecule has 1 aromatic heterocycles.